The third-order valence-corrected chi connectivity index (χ3v) is 12.8. The second kappa shape index (κ2) is 49.6. The van der Waals surface area contributed by atoms with Gasteiger partial charge < -0.3 is 20.3 Å². The Bertz CT molecular complexity index is 924. The SMILES string of the molecule is CCCCCCCCCCC/C=C/CCCCCCCC(=O)OC(CCCCCCCCCCCC)CC(=O)NC(CO)C(O)CCCCCCCCCCCCCCCC. The minimum atomic E-state index is -0.783. The highest BCUT2D eigenvalue weighted by Crippen LogP contribution is 2.18. The number of rotatable bonds is 50. The van der Waals surface area contributed by atoms with E-state index >= 15 is 0 Å². The number of amides is 1. The minimum Gasteiger partial charge on any atom is -0.462 e. The van der Waals surface area contributed by atoms with Crippen LogP contribution in [0.4, 0.5) is 0 Å². The Morgan fingerprint density at radius 3 is 1.16 bits per heavy atom. The molecule has 6 nitrogen and oxygen atoms in total. The molecule has 0 saturated carbocycles. The van der Waals surface area contributed by atoms with Crippen LogP contribution in [0.25, 0.3) is 0 Å². The van der Waals surface area contributed by atoms with Gasteiger partial charge in [-0.15, -0.1) is 0 Å². The van der Waals surface area contributed by atoms with E-state index in [0.29, 0.717) is 19.3 Å². The molecule has 0 aliphatic carbocycles. The molecule has 0 aliphatic heterocycles. The molecule has 1 amide bonds. The Morgan fingerprint density at radius 2 is 0.787 bits per heavy atom. The molecule has 0 spiro atoms. The molecule has 0 rings (SSSR count). The fraction of sp³-hybridized carbons (Fsp3) is 0.927. The first-order valence-corrected chi connectivity index (χ1v) is 27.4. The topological polar surface area (TPSA) is 95.9 Å². The molecule has 0 radical (unpaired) electrons. The predicted molar refractivity (Wildman–Crippen MR) is 264 cm³/mol. The van der Waals surface area contributed by atoms with Crippen molar-refractivity contribution in [2.75, 3.05) is 6.61 Å². The summed E-state index contributed by atoms with van der Waals surface area (Å²) in [6, 6.07) is -0.696. The number of hydrogen-bond acceptors (Lipinski definition) is 5. The lowest BCUT2D eigenvalue weighted by atomic mass is 10.0. The van der Waals surface area contributed by atoms with E-state index < -0.39 is 18.2 Å². The smallest absolute Gasteiger partial charge is 0.306 e. The van der Waals surface area contributed by atoms with E-state index in [9.17, 15) is 19.8 Å². The van der Waals surface area contributed by atoms with E-state index in [2.05, 4.69) is 38.2 Å². The van der Waals surface area contributed by atoms with Crippen molar-refractivity contribution < 1.29 is 24.5 Å². The summed E-state index contributed by atoms with van der Waals surface area (Å²) in [4.78, 5) is 26.1. The van der Waals surface area contributed by atoms with Crippen LogP contribution in [0, 0.1) is 0 Å². The number of esters is 1. The molecule has 362 valence electrons. The maximum Gasteiger partial charge on any atom is 0.306 e. The number of aliphatic hydroxyl groups excluding tert-OH is 2. The Hall–Kier alpha value is -1.40. The Kier molecular flexibility index (Phi) is 48.5. The zero-order valence-corrected chi connectivity index (χ0v) is 41.3. The average molecular weight is 862 g/mol. The lowest BCUT2D eigenvalue weighted by Gasteiger charge is -2.24. The van der Waals surface area contributed by atoms with Gasteiger partial charge in [-0.2, -0.15) is 0 Å². The van der Waals surface area contributed by atoms with Crippen LogP contribution < -0.4 is 5.32 Å². The van der Waals surface area contributed by atoms with Crippen molar-refractivity contribution in [2.45, 2.75) is 322 Å². The highest BCUT2D eigenvalue weighted by molar-refractivity contribution is 5.77. The van der Waals surface area contributed by atoms with Crippen LogP contribution in [0.2, 0.25) is 0 Å². The molecule has 0 aromatic heterocycles. The maximum atomic E-state index is 13.2. The summed E-state index contributed by atoms with van der Waals surface area (Å²) >= 11 is 0. The summed E-state index contributed by atoms with van der Waals surface area (Å²) < 4.78 is 5.94. The van der Waals surface area contributed by atoms with Crippen LogP contribution in [-0.2, 0) is 14.3 Å². The summed E-state index contributed by atoms with van der Waals surface area (Å²) in [5, 5.41) is 23.8. The summed E-state index contributed by atoms with van der Waals surface area (Å²) in [6.45, 7) is 6.50. The number of nitrogens with one attached hydrogen (secondary N) is 1. The van der Waals surface area contributed by atoms with Gasteiger partial charge in [0.2, 0.25) is 5.91 Å². The molecule has 0 fully saturated rings. The molecule has 6 heteroatoms. The van der Waals surface area contributed by atoms with Gasteiger partial charge in [0.25, 0.3) is 0 Å². The molecule has 0 aliphatic rings. The lowest BCUT2D eigenvalue weighted by Crippen LogP contribution is -2.46. The first kappa shape index (κ1) is 59.6. The summed E-state index contributed by atoms with van der Waals surface area (Å²) in [7, 11) is 0. The normalized spacial score (nSPS) is 13.2. The fourth-order valence-electron chi connectivity index (χ4n) is 8.66. The molecule has 0 saturated heterocycles. The molecular formula is C55H107NO5. The van der Waals surface area contributed by atoms with Gasteiger partial charge in [0, 0.05) is 6.42 Å². The van der Waals surface area contributed by atoms with Gasteiger partial charge in [-0.3, -0.25) is 9.59 Å². The fourth-order valence-corrected chi connectivity index (χ4v) is 8.66. The van der Waals surface area contributed by atoms with E-state index in [1.807, 2.05) is 0 Å². The second-order valence-electron chi connectivity index (χ2n) is 19.0. The zero-order chi connectivity index (χ0) is 44.5. The quantitative estimate of drug-likeness (QED) is 0.0322. The molecule has 0 heterocycles. The molecule has 0 bridgehead atoms. The number of aliphatic hydroxyl groups is 2. The lowest BCUT2D eigenvalue weighted by molar-refractivity contribution is -0.151. The van der Waals surface area contributed by atoms with Gasteiger partial charge in [-0.25, -0.2) is 0 Å². The first-order valence-electron chi connectivity index (χ1n) is 27.4. The highest BCUT2D eigenvalue weighted by Gasteiger charge is 2.24. The number of hydrogen-bond donors (Lipinski definition) is 3. The summed E-state index contributed by atoms with van der Waals surface area (Å²) in [5.74, 6) is -0.466. The number of ether oxygens (including phenoxy) is 1. The highest BCUT2D eigenvalue weighted by atomic mass is 16.5. The maximum absolute atomic E-state index is 13.2. The Balaban J connectivity index is 4.43. The average Bonchev–Trinajstić information content (AvgIpc) is 3.25. The van der Waals surface area contributed by atoms with Crippen LogP contribution in [0.1, 0.15) is 303 Å². The van der Waals surface area contributed by atoms with Gasteiger partial charge in [-0.1, -0.05) is 251 Å². The molecule has 0 aromatic rings. The number of carbonyl (C=O) groups excluding carboxylic acids is 2. The Labute approximate surface area is 380 Å². The number of carbonyl (C=O) groups is 2. The third-order valence-electron chi connectivity index (χ3n) is 12.8. The van der Waals surface area contributed by atoms with E-state index in [1.54, 1.807) is 0 Å². The first-order chi connectivity index (χ1) is 30.0. The van der Waals surface area contributed by atoms with Crippen LogP contribution in [0.3, 0.4) is 0 Å². The molecule has 61 heavy (non-hydrogen) atoms. The van der Waals surface area contributed by atoms with E-state index in [-0.39, 0.29) is 24.9 Å². The summed E-state index contributed by atoms with van der Waals surface area (Å²) in [6.07, 6.45) is 55.6. The van der Waals surface area contributed by atoms with Crippen molar-refractivity contribution in [1.82, 2.24) is 5.32 Å². The monoisotopic (exact) mass is 862 g/mol. The van der Waals surface area contributed by atoms with Gasteiger partial charge in [0.15, 0.2) is 0 Å². The van der Waals surface area contributed by atoms with Crippen molar-refractivity contribution in [3.8, 4) is 0 Å². The zero-order valence-electron chi connectivity index (χ0n) is 41.3. The molecule has 3 unspecified atom stereocenters. The minimum absolute atomic E-state index is 0.0812. The van der Waals surface area contributed by atoms with Crippen LogP contribution in [-0.4, -0.2) is 46.9 Å². The largest absolute Gasteiger partial charge is 0.462 e. The molecule has 3 N–H and O–H groups in total. The van der Waals surface area contributed by atoms with Crippen molar-refractivity contribution >= 4 is 11.9 Å². The second-order valence-corrected chi connectivity index (χ2v) is 19.0. The van der Waals surface area contributed by atoms with Crippen molar-refractivity contribution in [3.63, 3.8) is 0 Å². The number of unbranched alkanes of at least 4 members (excludes halogenated alkanes) is 36. The van der Waals surface area contributed by atoms with E-state index in [0.717, 1.165) is 51.4 Å². The van der Waals surface area contributed by atoms with Gasteiger partial charge in [-0.05, 0) is 51.4 Å². The van der Waals surface area contributed by atoms with E-state index in [4.69, 9.17) is 4.74 Å². The molecule has 3 atom stereocenters. The van der Waals surface area contributed by atoms with Gasteiger partial charge >= 0.3 is 5.97 Å². The third kappa shape index (κ3) is 45.0. The standard InChI is InChI=1S/C55H107NO5/c1-4-7-10-13-16-19-22-24-26-27-28-29-31-33-36-39-42-45-48-55(60)61-51(46-43-40-37-34-21-18-15-12-9-6-3)49-54(59)56-52(50-57)53(58)47-44-41-38-35-32-30-25-23-20-17-14-11-8-5-2/h28-29,51-53,57-58H,4-27,30-50H2,1-3H3,(H,56,59)/b29-28+. The van der Waals surface area contributed by atoms with Gasteiger partial charge in [0.1, 0.15) is 6.10 Å². The van der Waals surface area contributed by atoms with Gasteiger partial charge in [0.05, 0.1) is 25.2 Å². The summed E-state index contributed by atoms with van der Waals surface area (Å²) in [5.41, 5.74) is 0. The van der Waals surface area contributed by atoms with Crippen LogP contribution in [0.5, 0.6) is 0 Å². The Morgan fingerprint density at radius 1 is 0.459 bits per heavy atom. The molecule has 0 aromatic carbocycles. The number of allylic oxidation sites excluding steroid dienone is 2. The predicted octanol–water partition coefficient (Wildman–Crippen LogP) is 16.5. The van der Waals surface area contributed by atoms with Crippen LogP contribution >= 0.6 is 0 Å². The van der Waals surface area contributed by atoms with E-state index in [1.165, 1.54) is 205 Å². The molecular weight excluding hydrogens is 755 g/mol. The van der Waals surface area contributed by atoms with Crippen molar-refractivity contribution in [2.24, 2.45) is 0 Å². The van der Waals surface area contributed by atoms with Crippen LogP contribution in [0.15, 0.2) is 12.2 Å². The van der Waals surface area contributed by atoms with Crippen molar-refractivity contribution in [3.05, 3.63) is 12.2 Å². The van der Waals surface area contributed by atoms with Crippen molar-refractivity contribution in [1.29, 1.82) is 0 Å².